The molecule has 86 valence electrons. The van der Waals surface area contributed by atoms with Crippen LogP contribution in [0.4, 0.5) is 0 Å². The lowest BCUT2D eigenvalue weighted by atomic mass is 10.1. The second-order valence-corrected chi connectivity index (χ2v) is 3.13. The van der Waals surface area contributed by atoms with Crippen molar-refractivity contribution in [1.82, 2.24) is 20.6 Å². The average molecular weight is 230 g/mol. The molecular weight excluding hydrogens is 220 g/mol. The van der Waals surface area contributed by atoms with E-state index in [-0.39, 0.29) is 5.96 Å². The van der Waals surface area contributed by atoms with Crippen LogP contribution in [0, 0.1) is 0 Å². The second-order valence-electron chi connectivity index (χ2n) is 3.13. The molecule has 0 saturated carbocycles. The zero-order valence-electron chi connectivity index (χ0n) is 8.78. The number of rotatable bonds is 3. The van der Waals surface area contributed by atoms with Gasteiger partial charge in [-0.25, -0.2) is 0 Å². The van der Waals surface area contributed by atoms with Gasteiger partial charge >= 0.3 is 0 Å². The maximum atomic E-state index is 5.15. The highest BCUT2D eigenvalue weighted by Gasteiger charge is 2.02. The van der Waals surface area contributed by atoms with Crippen molar-refractivity contribution in [2.24, 2.45) is 21.7 Å². The number of tetrazole rings is 1. The number of aromatic amines is 1. The fraction of sp³-hybridized carbons (Fsp3) is 0. The molecule has 0 unspecified atom stereocenters. The van der Waals surface area contributed by atoms with Crippen LogP contribution in [0.5, 0.6) is 0 Å². The third-order valence-electron chi connectivity index (χ3n) is 1.87. The highest BCUT2D eigenvalue weighted by Crippen LogP contribution is 2.13. The van der Waals surface area contributed by atoms with Gasteiger partial charge in [-0.15, -0.1) is 15.3 Å². The molecule has 0 spiro atoms. The van der Waals surface area contributed by atoms with Gasteiger partial charge in [0, 0.05) is 5.56 Å². The number of hydrogen-bond acceptors (Lipinski definition) is 5. The largest absolute Gasteiger partial charge is 0.369 e. The molecule has 5 N–H and O–H groups in total. The van der Waals surface area contributed by atoms with Gasteiger partial charge in [-0.05, 0) is 16.8 Å². The Morgan fingerprint density at radius 2 is 2.24 bits per heavy atom. The highest BCUT2D eigenvalue weighted by atomic mass is 15.5. The number of aromatic nitrogens is 4. The summed E-state index contributed by atoms with van der Waals surface area (Å²) in [7, 11) is 0. The van der Waals surface area contributed by atoms with Crippen molar-refractivity contribution in [1.29, 1.82) is 0 Å². The fourth-order valence-corrected chi connectivity index (χ4v) is 1.20. The van der Waals surface area contributed by atoms with Crippen molar-refractivity contribution in [3.05, 3.63) is 29.8 Å². The Bertz CT molecular complexity index is 538. The summed E-state index contributed by atoms with van der Waals surface area (Å²) < 4.78 is 0. The Labute approximate surface area is 96.4 Å². The van der Waals surface area contributed by atoms with Crippen LogP contribution in [0.2, 0.25) is 0 Å². The molecule has 0 aliphatic heterocycles. The molecule has 0 atom stereocenters. The summed E-state index contributed by atoms with van der Waals surface area (Å²) in [6.07, 6.45) is 1.53. The van der Waals surface area contributed by atoms with Crippen LogP contribution < -0.4 is 11.5 Å². The van der Waals surface area contributed by atoms with Gasteiger partial charge in [0.1, 0.15) is 0 Å². The van der Waals surface area contributed by atoms with Crippen molar-refractivity contribution in [3.8, 4) is 11.4 Å². The van der Waals surface area contributed by atoms with Crippen LogP contribution in [-0.4, -0.2) is 32.8 Å². The van der Waals surface area contributed by atoms with Gasteiger partial charge in [0.15, 0.2) is 0 Å². The third-order valence-corrected chi connectivity index (χ3v) is 1.87. The number of nitrogens with zero attached hydrogens (tertiary/aromatic N) is 5. The predicted molar refractivity (Wildman–Crippen MR) is 63.0 cm³/mol. The van der Waals surface area contributed by atoms with Crippen LogP contribution >= 0.6 is 0 Å². The number of nitrogens with one attached hydrogen (secondary N) is 1. The Morgan fingerprint density at radius 3 is 2.94 bits per heavy atom. The Morgan fingerprint density at radius 1 is 1.35 bits per heavy atom. The van der Waals surface area contributed by atoms with E-state index in [9.17, 15) is 0 Å². The van der Waals surface area contributed by atoms with Crippen molar-refractivity contribution >= 4 is 12.2 Å². The molecule has 0 bridgehead atoms. The monoisotopic (exact) mass is 230 g/mol. The first-order chi connectivity index (χ1) is 8.25. The van der Waals surface area contributed by atoms with Gasteiger partial charge in [-0.2, -0.15) is 10.3 Å². The van der Waals surface area contributed by atoms with Gasteiger partial charge in [0.25, 0.3) is 0 Å². The molecule has 8 heteroatoms. The molecule has 0 fully saturated rings. The van der Waals surface area contributed by atoms with Gasteiger partial charge in [-0.3, -0.25) is 0 Å². The van der Waals surface area contributed by atoms with E-state index in [1.807, 2.05) is 24.3 Å². The predicted octanol–water partition coefficient (Wildman–Crippen LogP) is -0.526. The van der Waals surface area contributed by atoms with Crippen molar-refractivity contribution < 1.29 is 0 Å². The quantitative estimate of drug-likeness (QED) is 0.370. The molecule has 1 heterocycles. The molecule has 0 amide bonds. The van der Waals surface area contributed by atoms with E-state index in [4.69, 9.17) is 11.5 Å². The fourth-order valence-electron chi connectivity index (χ4n) is 1.20. The number of nitrogens with two attached hydrogens (primary N) is 2. The van der Waals surface area contributed by atoms with Crippen LogP contribution in [0.1, 0.15) is 5.56 Å². The molecule has 0 radical (unpaired) electrons. The lowest BCUT2D eigenvalue weighted by Crippen LogP contribution is -2.21. The summed E-state index contributed by atoms with van der Waals surface area (Å²) in [6.45, 7) is 0. The molecule has 0 aliphatic carbocycles. The summed E-state index contributed by atoms with van der Waals surface area (Å²) >= 11 is 0. The maximum Gasteiger partial charge on any atom is 0.211 e. The van der Waals surface area contributed by atoms with Crippen LogP contribution in [-0.2, 0) is 0 Å². The molecule has 1 aromatic carbocycles. The molecule has 0 aliphatic rings. The Kier molecular flexibility index (Phi) is 3.05. The second kappa shape index (κ2) is 4.84. The van der Waals surface area contributed by atoms with Gasteiger partial charge in [-0.1, -0.05) is 18.2 Å². The van der Waals surface area contributed by atoms with E-state index >= 15 is 0 Å². The smallest absolute Gasteiger partial charge is 0.211 e. The van der Waals surface area contributed by atoms with Crippen LogP contribution in [0.3, 0.4) is 0 Å². The first-order valence-corrected chi connectivity index (χ1v) is 4.71. The minimum absolute atomic E-state index is 0.0874. The number of benzene rings is 1. The van der Waals surface area contributed by atoms with Gasteiger partial charge in [0.05, 0.1) is 6.21 Å². The van der Waals surface area contributed by atoms with Crippen molar-refractivity contribution in [3.63, 3.8) is 0 Å². The number of hydrogen-bond donors (Lipinski definition) is 3. The van der Waals surface area contributed by atoms with Crippen molar-refractivity contribution in [2.45, 2.75) is 0 Å². The third kappa shape index (κ3) is 2.84. The summed E-state index contributed by atoms with van der Waals surface area (Å²) in [5.74, 6) is 0.428. The normalized spacial score (nSPS) is 10.6. The average Bonchev–Trinajstić information content (AvgIpc) is 2.82. The van der Waals surface area contributed by atoms with Gasteiger partial charge < -0.3 is 11.5 Å². The lowest BCUT2D eigenvalue weighted by Gasteiger charge is -1.95. The van der Waals surface area contributed by atoms with E-state index < -0.39 is 0 Å². The summed E-state index contributed by atoms with van der Waals surface area (Å²) in [6, 6.07) is 7.41. The van der Waals surface area contributed by atoms with Crippen molar-refractivity contribution in [2.75, 3.05) is 0 Å². The minimum atomic E-state index is -0.0874. The number of H-pyrrole nitrogens is 1. The molecule has 1 aromatic heterocycles. The van der Waals surface area contributed by atoms with E-state index in [1.54, 1.807) is 0 Å². The summed E-state index contributed by atoms with van der Waals surface area (Å²) in [5, 5.41) is 20.8. The topological polar surface area (TPSA) is 131 Å². The minimum Gasteiger partial charge on any atom is -0.369 e. The zero-order valence-corrected chi connectivity index (χ0v) is 8.78. The van der Waals surface area contributed by atoms with Crippen LogP contribution in [0.25, 0.3) is 11.4 Å². The lowest BCUT2D eigenvalue weighted by molar-refractivity contribution is 0.881. The molecule has 17 heavy (non-hydrogen) atoms. The Hall–Kier alpha value is -2.77. The SMILES string of the molecule is NC(N)=NN=Cc1cccc(-c2nn[nH]n2)c1. The van der Waals surface area contributed by atoms with Gasteiger partial charge in [0.2, 0.25) is 11.8 Å². The van der Waals surface area contributed by atoms with E-state index in [1.165, 1.54) is 6.21 Å². The first kappa shape index (κ1) is 10.7. The van der Waals surface area contributed by atoms with E-state index in [2.05, 4.69) is 30.8 Å². The molecular formula is C9H10N8. The molecule has 0 saturated heterocycles. The van der Waals surface area contributed by atoms with E-state index in [0.717, 1.165) is 11.1 Å². The zero-order chi connectivity index (χ0) is 12.1. The van der Waals surface area contributed by atoms with Crippen LogP contribution in [0.15, 0.2) is 34.5 Å². The standard InChI is InChI=1S/C9H10N8/c10-9(11)15-12-5-6-2-1-3-7(4-6)8-13-16-17-14-8/h1-5H,(H4,10,11,15)(H,13,14,16,17). The molecule has 2 aromatic rings. The Balaban J connectivity index is 2.23. The summed E-state index contributed by atoms with van der Waals surface area (Å²) in [5.41, 5.74) is 11.9. The first-order valence-electron chi connectivity index (χ1n) is 4.71. The van der Waals surface area contributed by atoms with E-state index in [0.29, 0.717) is 5.82 Å². The maximum absolute atomic E-state index is 5.15. The summed E-state index contributed by atoms with van der Waals surface area (Å²) in [4.78, 5) is 0. The molecule has 8 nitrogen and oxygen atoms in total. The highest BCUT2D eigenvalue weighted by molar-refractivity contribution is 5.83. The molecule has 2 rings (SSSR count). The number of guanidine groups is 1.